The number of rotatable bonds is 5. The van der Waals surface area contributed by atoms with Gasteiger partial charge in [0, 0.05) is 12.6 Å². The van der Waals surface area contributed by atoms with Gasteiger partial charge in [-0.05, 0) is 25.0 Å². The van der Waals surface area contributed by atoms with Gasteiger partial charge in [-0.2, -0.15) is 0 Å². The predicted octanol–water partition coefficient (Wildman–Crippen LogP) is 3.41. The summed E-state index contributed by atoms with van der Waals surface area (Å²) in [5.41, 5.74) is 0.0757. The van der Waals surface area contributed by atoms with Gasteiger partial charge in [-0.3, -0.25) is 4.79 Å². The summed E-state index contributed by atoms with van der Waals surface area (Å²) in [4.78, 5) is 11.7. The highest BCUT2D eigenvalue weighted by Gasteiger charge is 2.15. The summed E-state index contributed by atoms with van der Waals surface area (Å²) in [6, 6.07) is 1.91. The smallest absolute Gasteiger partial charge is 0.254 e. The van der Waals surface area contributed by atoms with E-state index in [0.717, 1.165) is 12.8 Å². The van der Waals surface area contributed by atoms with Crippen LogP contribution in [0, 0.1) is 18.6 Å². The van der Waals surface area contributed by atoms with Gasteiger partial charge in [0.05, 0.1) is 10.9 Å². The summed E-state index contributed by atoms with van der Waals surface area (Å²) in [5.74, 6) is -2.10. The van der Waals surface area contributed by atoms with Crippen LogP contribution in [-0.2, 0) is 0 Å². The summed E-state index contributed by atoms with van der Waals surface area (Å²) < 4.78 is 26.5. The molecule has 18 heavy (non-hydrogen) atoms. The molecule has 0 saturated carbocycles. The van der Waals surface area contributed by atoms with Gasteiger partial charge in [-0.15, -0.1) is 11.6 Å². The molecule has 1 atom stereocenters. The number of halogens is 3. The molecule has 5 heteroatoms. The maximum atomic E-state index is 13.4. The van der Waals surface area contributed by atoms with Crippen molar-refractivity contribution in [1.82, 2.24) is 5.32 Å². The van der Waals surface area contributed by atoms with Crippen molar-refractivity contribution in [3.8, 4) is 0 Å². The minimum atomic E-state index is -0.864. The number of nitrogens with one attached hydrogen (secondary N) is 1. The topological polar surface area (TPSA) is 29.1 Å². The number of alkyl halides is 1. The number of carbonyl (C=O) groups is 1. The fourth-order valence-electron chi connectivity index (χ4n) is 1.55. The van der Waals surface area contributed by atoms with Gasteiger partial charge >= 0.3 is 0 Å². The Morgan fingerprint density at radius 2 is 2.06 bits per heavy atom. The zero-order valence-corrected chi connectivity index (χ0v) is 11.2. The van der Waals surface area contributed by atoms with Gasteiger partial charge in [-0.25, -0.2) is 8.78 Å². The third-order valence-electron chi connectivity index (χ3n) is 2.58. The Kier molecular flexibility index (Phi) is 5.54. The zero-order valence-electron chi connectivity index (χ0n) is 10.4. The van der Waals surface area contributed by atoms with Crippen LogP contribution in [0.15, 0.2) is 12.1 Å². The minimum absolute atomic E-state index is 0.158. The van der Waals surface area contributed by atoms with Crippen molar-refractivity contribution < 1.29 is 13.6 Å². The van der Waals surface area contributed by atoms with E-state index in [9.17, 15) is 13.6 Å². The van der Waals surface area contributed by atoms with Crippen molar-refractivity contribution >= 4 is 17.5 Å². The van der Waals surface area contributed by atoms with Crippen LogP contribution in [-0.4, -0.2) is 17.8 Å². The molecule has 100 valence electrons. The second-order valence-corrected chi connectivity index (χ2v) is 4.79. The van der Waals surface area contributed by atoms with Gasteiger partial charge in [0.15, 0.2) is 0 Å². The second kappa shape index (κ2) is 6.69. The van der Waals surface area contributed by atoms with Crippen LogP contribution < -0.4 is 5.32 Å². The van der Waals surface area contributed by atoms with Gasteiger partial charge in [0.25, 0.3) is 5.91 Å². The maximum absolute atomic E-state index is 13.4. The van der Waals surface area contributed by atoms with Crippen LogP contribution in [0.4, 0.5) is 8.78 Å². The van der Waals surface area contributed by atoms with Crippen molar-refractivity contribution in [1.29, 1.82) is 0 Å². The van der Waals surface area contributed by atoms with Crippen LogP contribution in [0.3, 0.4) is 0 Å². The van der Waals surface area contributed by atoms with E-state index in [1.54, 1.807) is 0 Å². The van der Waals surface area contributed by atoms with E-state index in [-0.39, 0.29) is 23.0 Å². The molecule has 1 amide bonds. The fourth-order valence-corrected chi connectivity index (χ4v) is 1.84. The van der Waals surface area contributed by atoms with Crippen molar-refractivity contribution in [3.05, 3.63) is 34.9 Å². The highest BCUT2D eigenvalue weighted by atomic mass is 35.5. The summed E-state index contributed by atoms with van der Waals surface area (Å²) in [7, 11) is 0. The van der Waals surface area contributed by atoms with Crippen LogP contribution in [0.5, 0.6) is 0 Å². The summed E-state index contributed by atoms with van der Waals surface area (Å²) in [6.45, 7) is 3.73. The molecule has 0 bridgehead atoms. The molecule has 2 nitrogen and oxygen atoms in total. The molecule has 0 aliphatic carbocycles. The van der Waals surface area contributed by atoms with Crippen LogP contribution in [0.25, 0.3) is 0 Å². The zero-order chi connectivity index (χ0) is 13.7. The Labute approximate surface area is 110 Å². The Balaban J connectivity index is 2.70. The molecule has 1 rings (SSSR count). The van der Waals surface area contributed by atoms with Crippen LogP contribution in [0.1, 0.15) is 35.7 Å². The van der Waals surface area contributed by atoms with Crippen molar-refractivity contribution in [2.24, 2.45) is 0 Å². The summed E-state index contributed by atoms with van der Waals surface area (Å²) in [5, 5.41) is 2.36. The van der Waals surface area contributed by atoms with Crippen LogP contribution >= 0.6 is 11.6 Å². The third kappa shape index (κ3) is 3.95. The van der Waals surface area contributed by atoms with E-state index in [0.29, 0.717) is 6.07 Å². The normalized spacial score (nSPS) is 12.3. The Hall–Kier alpha value is -1.16. The number of hydrogen-bond donors (Lipinski definition) is 1. The SMILES string of the molecule is CCCC(Cl)CNC(=O)c1cc(C)c(F)cc1F. The molecule has 0 spiro atoms. The molecule has 0 aromatic heterocycles. The van der Waals surface area contributed by atoms with Crippen LogP contribution in [0.2, 0.25) is 0 Å². The van der Waals surface area contributed by atoms with Crippen molar-refractivity contribution in [2.75, 3.05) is 6.54 Å². The third-order valence-corrected chi connectivity index (χ3v) is 2.95. The molecule has 0 saturated heterocycles. The lowest BCUT2D eigenvalue weighted by Gasteiger charge is -2.10. The Morgan fingerprint density at radius 3 is 2.67 bits per heavy atom. The fraction of sp³-hybridized carbons (Fsp3) is 0.462. The van der Waals surface area contributed by atoms with E-state index in [1.807, 2.05) is 6.92 Å². The molecule has 0 fully saturated rings. The Bertz CT molecular complexity index is 437. The lowest BCUT2D eigenvalue weighted by Crippen LogP contribution is -2.30. The number of aryl methyl sites for hydroxylation is 1. The molecule has 1 aromatic rings. The average Bonchev–Trinajstić information content (AvgIpc) is 2.31. The highest BCUT2D eigenvalue weighted by molar-refractivity contribution is 6.20. The lowest BCUT2D eigenvalue weighted by atomic mass is 10.1. The largest absolute Gasteiger partial charge is 0.350 e. The molecular formula is C13H16ClF2NO. The average molecular weight is 276 g/mol. The first-order valence-electron chi connectivity index (χ1n) is 5.83. The molecule has 0 radical (unpaired) electrons. The van der Waals surface area contributed by atoms with Crippen molar-refractivity contribution in [2.45, 2.75) is 32.1 Å². The number of benzene rings is 1. The van der Waals surface area contributed by atoms with Gasteiger partial charge in [-0.1, -0.05) is 13.3 Å². The molecule has 1 N–H and O–H groups in total. The standard InChI is InChI=1S/C13H16ClF2NO/c1-3-4-9(14)7-17-13(18)10-5-8(2)11(15)6-12(10)16/h5-6,9H,3-4,7H2,1-2H3,(H,17,18). The van der Waals surface area contributed by atoms with E-state index >= 15 is 0 Å². The predicted molar refractivity (Wildman–Crippen MR) is 68.0 cm³/mol. The van der Waals surface area contributed by atoms with Gasteiger partial charge in [0.2, 0.25) is 0 Å². The monoisotopic (exact) mass is 275 g/mol. The quantitative estimate of drug-likeness (QED) is 0.820. The minimum Gasteiger partial charge on any atom is -0.350 e. The van der Waals surface area contributed by atoms with E-state index < -0.39 is 17.5 Å². The van der Waals surface area contributed by atoms with E-state index in [2.05, 4.69) is 5.32 Å². The first-order chi connectivity index (χ1) is 8.45. The Morgan fingerprint density at radius 1 is 1.39 bits per heavy atom. The number of carbonyl (C=O) groups excluding carboxylic acids is 1. The molecule has 1 unspecified atom stereocenters. The van der Waals surface area contributed by atoms with Crippen molar-refractivity contribution in [3.63, 3.8) is 0 Å². The second-order valence-electron chi connectivity index (χ2n) is 4.18. The molecule has 0 heterocycles. The maximum Gasteiger partial charge on any atom is 0.254 e. The first-order valence-corrected chi connectivity index (χ1v) is 6.27. The molecule has 0 aliphatic heterocycles. The first kappa shape index (κ1) is 14.9. The van der Waals surface area contributed by atoms with Gasteiger partial charge in [0.1, 0.15) is 11.6 Å². The highest BCUT2D eigenvalue weighted by Crippen LogP contribution is 2.14. The summed E-state index contributed by atoms with van der Waals surface area (Å²) in [6.07, 6.45) is 1.68. The van der Waals surface area contributed by atoms with Gasteiger partial charge < -0.3 is 5.32 Å². The lowest BCUT2D eigenvalue weighted by molar-refractivity contribution is 0.0949. The number of amides is 1. The molecular weight excluding hydrogens is 260 g/mol. The van der Waals surface area contributed by atoms with E-state index in [4.69, 9.17) is 11.6 Å². The number of hydrogen-bond acceptors (Lipinski definition) is 1. The molecule has 1 aromatic carbocycles. The molecule has 0 aliphatic rings. The van der Waals surface area contributed by atoms with E-state index in [1.165, 1.54) is 13.0 Å². The summed E-state index contributed by atoms with van der Waals surface area (Å²) >= 11 is 5.94.